The topological polar surface area (TPSA) is 54.0 Å². The van der Waals surface area contributed by atoms with Crippen LogP contribution in [0, 0.1) is 34.5 Å². The molecule has 5 fully saturated rings. The van der Waals surface area contributed by atoms with Crippen LogP contribution in [0.4, 0.5) is 0 Å². The molecule has 4 aliphatic carbocycles. The lowest BCUT2D eigenvalue weighted by molar-refractivity contribution is -0.242. The van der Waals surface area contributed by atoms with Crippen LogP contribution >= 0.6 is 0 Å². The maximum Gasteiger partial charge on any atom is 0.157 e. The lowest BCUT2D eigenvalue weighted by Gasteiger charge is -2.58. The van der Waals surface area contributed by atoms with Crippen LogP contribution in [-0.2, 0) is 23.7 Å². The van der Waals surface area contributed by atoms with E-state index in [-0.39, 0.29) is 41.5 Å². The molecule has 2 unspecified atom stereocenters. The first-order valence-electron chi connectivity index (χ1n) is 15.3. The first-order valence-corrected chi connectivity index (χ1v) is 15.3. The van der Waals surface area contributed by atoms with Crippen LogP contribution < -0.4 is 0 Å². The van der Waals surface area contributed by atoms with Gasteiger partial charge in [-0.15, -0.1) is 0 Å². The van der Waals surface area contributed by atoms with E-state index in [2.05, 4.69) is 32.9 Å². The minimum Gasteiger partial charge on any atom is -0.353 e. The summed E-state index contributed by atoms with van der Waals surface area (Å²) in [7, 11) is 0. The minimum atomic E-state index is -0.103. The van der Waals surface area contributed by atoms with E-state index in [1.807, 2.05) is 0 Å². The van der Waals surface area contributed by atoms with Gasteiger partial charge >= 0.3 is 0 Å². The third-order valence-corrected chi connectivity index (χ3v) is 11.5. The van der Waals surface area contributed by atoms with Gasteiger partial charge in [-0.25, -0.2) is 0 Å². The molecule has 37 heavy (non-hydrogen) atoms. The monoisotopic (exact) mass is 512 g/mol. The highest BCUT2D eigenvalue weighted by Crippen LogP contribution is 2.66. The maximum atomic E-state index is 11.8. The van der Waals surface area contributed by atoms with E-state index in [1.54, 1.807) is 5.57 Å². The number of allylic oxidation sites excluding steroid dienone is 3. The predicted octanol–water partition coefficient (Wildman–Crippen LogP) is 6.75. The van der Waals surface area contributed by atoms with Gasteiger partial charge in [-0.2, -0.15) is 0 Å². The molecule has 0 aromatic carbocycles. The molecule has 6 rings (SSSR count). The molecule has 206 valence electrons. The highest BCUT2D eigenvalue weighted by molar-refractivity contribution is 5.54. The SMILES string of the molecule is C[C@H](C=O)[C@H]1CC[C@H]2C3=CC=C4C[C@@H](OC5CCCCO5)C[C@H](OC5CCCCO5)[C@]4(C)[C@H]3CC[C@]12C. The maximum absolute atomic E-state index is 11.8. The first-order chi connectivity index (χ1) is 17.9. The van der Waals surface area contributed by atoms with E-state index in [1.165, 1.54) is 50.4 Å². The van der Waals surface area contributed by atoms with E-state index in [0.29, 0.717) is 17.8 Å². The van der Waals surface area contributed by atoms with E-state index in [4.69, 9.17) is 18.9 Å². The van der Waals surface area contributed by atoms with Crippen LogP contribution in [0.1, 0.15) is 97.8 Å². The quantitative estimate of drug-likeness (QED) is 0.368. The molecule has 0 aromatic heterocycles. The highest BCUT2D eigenvalue weighted by atomic mass is 16.7. The van der Waals surface area contributed by atoms with E-state index in [9.17, 15) is 4.79 Å². The van der Waals surface area contributed by atoms with Gasteiger partial charge in [-0.3, -0.25) is 0 Å². The number of carbonyl (C=O) groups is 1. The number of fused-ring (bicyclic) bond motifs is 5. The van der Waals surface area contributed by atoms with Crippen molar-refractivity contribution < 1.29 is 23.7 Å². The zero-order valence-corrected chi connectivity index (χ0v) is 23.3. The van der Waals surface area contributed by atoms with E-state index < -0.39 is 0 Å². The molecule has 5 nitrogen and oxygen atoms in total. The Morgan fingerprint density at radius 1 is 0.919 bits per heavy atom. The Hall–Kier alpha value is -1.01. The molecule has 2 saturated heterocycles. The van der Waals surface area contributed by atoms with Crippen molar-refractivity contribution in [1.29, 1.82) is 0 Å². The zero-order chi connectivity index (χ0) is 25.6. The van der Waals surface area contributed by atoms with Gasteiger partial charge in [0.1, 0.15) is 6.29 Å². The molecule has 0 amide bonds. The van der Waals surface area contributed by atoms with Crippen LogP contribution in [0.5, 0.6) is 0 Å². The fourth-order valence-corrected chi connectivity index (χ4v) is 9.34. The molecular formula is C32H48O5. The Morgan fingerprint density at radius 2 is 1.65 bits per heavy atom. The smallest absolute Gasteiger partial charge is 0.157 e. The van der Waals surface area contributed by atoms with Crippen molar-refractivity contribution in [3.05, 3.63) is 23.3 Å². The lowest BCUT2D eigenvalue weighted by atomic mass is 9.49. The van der Waals surface area contributed by atoms with Crippen LogP contribution in [0.2, 0.25) is 0 Å². The summed E-state index contributed by atoms with van der Waals surface area (Å²) in [6, 6.07) is 0. The summed E-state index contributed by atoms with van der Waals surface area (Å²) >= 11 is 0. The van der Waals surface area contributed by atoms with E-state index >= 15 is 0 Å². The number of hydrogen-bond donors (Lipinski definition) is 0. The Balaban J connectivity index is 1.29. The van der Waals surface area contributed by atoms with Gasteiger partial charge in [0.2, 0.25) is 0 Å². The number of rotatable bonds is 6. The van der Waals surface area contributed by atoms with Crippen molar-refractivity contribution >= 4 is 6.29 Å². The van der Waals surface area contributed by atoms with Gasteiger partial charge in [0, 0.05) is 31.0 Å². The summed E-state index contributed by atoms with van der Waals surface area (Å²) in [5.74, 6) is 1.71. The average Bonchev–Trinajstić information content (AvgIpc) is 3.27. The third kappa shape index (κ3) is 4.60. The van der Waals surface area contributed by atoms with Gasteiger partial charge in [0.15, 0.2) is 12.6 Å². The van der Waals surface area contributed by atoms with Crippen LogP contribution in [-0.4, -0.2) is 44.3 Å². The summed E-state index contributed by atoms with van der Waals surface area (Å²) in [5, 5.41) is 0. The standard InChI is InChI=1S/C32H48O5/c1-21(20-33)25-12-13-26-24-11-10-22-18-23(36-29-8-4-6-16-34-29)19-28(37-30-9-5-7-17-35-30)32(22,3)27(24)14-15-31(25,26)2/h10-11,20-21,23,25-30H,4-9,12-19H2,1-3H3/t21-,23-,25-,26+,27+,28+,29?,30?,31-,32+/m1/s1. The Bertz CT molecular complexity index is 899. The summed E-state index contributed by atoms with van der Waals surface area (Å²) in [4.78, 5) is 11.8. The molecule has 2 aliphatic heterocycles. The fourth-order valence-electron chi connectivity index (χ4n) is 9.34. The Labute approximate surface area is 223 Å². The van der Waals surface area contributed by atoms with Crippen molar-refractivity contribution in [2.24, 2.45) is 34.5 Å². The van der Waals surface area contributed by atoms with Gasteiger partial charge in [0.25, 0.3) is 0 Å². The molecular weight excluding hydrogens is 464 g/mol. The Morgan fingerprint density at radius 3 is 2.32 bits per heavy atom. The largest absolute Gasteiger partial charge is 0.353 e. The molecule has 0 radical (unpaired) electrons. The van der Waals surface area contributed by atoms with Gasteiger partial charge in [-0.05, 0) is 93.8 Å². The lowest BCUT2D eigenvalue weighted by Crippen LogP contribution is -2.55. The van der Waals surface area contributed by atoms with Gasteiger partial charge in [0.05, 0.1) is 12.2 Å². The normalized spacial score (nSPS) is 46.6. The summed E-state index contributed by atoms with van der Waals surface area (Å²) in [6.45, 7) is 8.72. The average molecular weight is 513 g/mol. The third-order valence-electron chi connectivity index (χ3n) is 11.5. The van der Waals surface area contributed by atoms with Crippen molar-refractivity contribution in [2.45, 2.75) is 123 Å². The second-order valence-corrected chi connectivity index (χ2v) is 13.4. The van der Waals surface area contributed by atoms with E-state index in [0.717, 1.165) is 51.7 Å². The van der Waals surface area contributed by atoms with Crippen molar-refractivity contribution in [1.82, 2.24) is 0 Å². The first kappa shape index (κ1) is 26.2. The molecule has 3 saturated carbocycles. The van der Waals surface area contributed by atoms with Crippen molar-refractivity contribution in [3.63, 3.8) is 0 Å². The molecule has 2 heterocycles. The van der Waals surface area contributed by atoms with Gasteiger partial charge in [-0.1, -0.05) is 44.1 Å². The van der Waals surface area contributed by atoms with Crippen LogP contribution in [0.3, 0.4) is 0 Å². The molecule has 0 bridgehead atoms. The summed E-state index contributed by atoms with van der Waals surface area (Å²) < 4.78 is 25.6. The molecule has 5 heteroatoms. The number of aldehydes is 1. The fraction of sp³-hybridized carbons (Fsp3) is 0.844. The number of carbonyl (C=O) groups excluding carboxylic acids is 1. The number of ether oxygens (including phenoxy) is 4. The van der Waals surface area contributed by atoms with Crippen molar-refractivity contribution in [3.8, 4) is 0 Å². The zero-order valence-electron chi connectivity index (χ0n) is 23.3. The molecule has 0 spiro atoms. The second-order valence-electron chi connectivity index (χ2n) is 13.4. The van der Waals surface area contributed by atoms with Crippen LogP contribution in [0.25, 0.3) is 0 Å². The highest BCUT2D eigenvalue weighted by Gasteiger charge is 2.59. The Kier molecular flexibility index (Phi) is 7.46. The van der Waals surface area contributed by atoms with Crippen LogP contribution in [0.15, 0.2) is 23.3 Å². The molecule has 10 atom stereocenters. The molecule has 0 aromatic rings. The minimum absolute atomic E-state index is 0.0339. The summed E-state index contributed by atoms with van der Waals surface area (Å²) in [6.07, 6.45) is 19.4. The van der Waals surface area contributed by atoms with Gasteiger partial charge < -0.3 is 23.7 Å². The second kappa shape index (κ2) is 10.5. The predicted molar refractivity (Wildman–Crippen MR) is 143 cm³/mol. The van der Waals surface area contributed by atoms with Crippen molar-refractivity contribution in [2.75, 3.05) is 13.2 Å². The molecule has 0 N–H and O–H groups in total. The number of hydrogen-bond acceptors (Lipinski definition) is 5. The molecule has 6 aliphatic rings. The summed E-state index contributed by atoms with van der Waals surface area (Å²) in [5.41, 5.74) is 3.32.